The first-order valence-electron chi connectivity index (χ1n) is 7.32. The monoisotopic (exact) mass is 301 g/mol. The predicted molar refractivity (Wildman–Crippen MR) is 81.5 cm³/mol. The SMILES string of the molecule is Cc1ncn(CCNC(=O)c2cccc3c2OCCO3)c1C. The van der Waals surface area contributed by atoms with E-state index in [9.17, 15) is 4.79 Å². The summed E-state index contributed by atoms with van der Waals surface area (Å²) in [7, 11) is 0. The molecule has 0 saturated heterocycles. The van der Waals surface area contributed by atoms with Crippen molar-refractivity contribution >= 4 is 5.91 Å². The summed E-state index contributed by atoms with van der Waals surface area (Å²) in [6.07, 6.45) is 1.79. The Labute approximate surface area is 129 Å². The molecule has 0 unspecified atom stereocenters. The molecule has 1 amide bonds. The Kier molecular flexibility index (Phi) is 4.00. The van der Waals surface area contributed by atoms with Crippen molar-refractivity contribution in [1.82, 2.24) is 14.9 Å². The minimum absolute atomic E-state index is 0.156. The van der Waals surface area contributed by atoms with Crippen LogP contribution in [0.3, 0.4) is 0 Å². The second-order valence-corrected chi connectivity index (χ2v) is 5.19. The second-order valence-electron chi connectivity index (χ2n) is 5.19. The maximum absolute atomic E-state index is 12.3. The van der Waals surface area contributed by atoms with Crippen molar-refractivity contribution in [3.8, 4) is 11.5 Å². The molecule has 6 nitrogen and oxygen atoms in total. The number of aromatic nitrogens is 2. The molecule has 1 aromatic carbocycles. The van der Waals surface area contributed by atoms with Gasteiger partial charge in [-0.3, -0.25) is 4.79 Å². The van der Waals surface area contributed by atoms with Crippen LogP contribution in [0.25, 0.3) is 0 Å². The van der Waals surface area contributed by atoms with Gasteiger partial charge in [0.25, 0.3) is 5.91 Å². The molecule has 2 heterocycles. The van der Waals surface area contributed by atoms with Crippen molar-refractivity contribution in [3.05, 3.63) is 41.5 Å². The fourth-order valence-electron chi connectivity index (χ4n) is 2.41. The maximum Gasteiger partial charge on any atom is 0.255 e. The number of aryl methyl sites for hydroxylation is 1. The van der Waals surface area contributed by atoms with E-state index < -0.39 is 0 Å². The third-order valence-electron chi connectivity index (χ3n) is 3.79. The Morgan fingerprint density at radius 1 is 1.32 bits per heavy atom. The fourth-order valence-corrected chi connectivity index (χ4v) is 2.41. The van der Waals surface area contributed by atoms with E-state index in [0.29, 0.717) is 43.4 Å². The lowest BCUT2D eigenvalue weighted by Crippen LogP contribution is -2.28. The Morgan fingerprint density at radius 3 is 2.91 bits per heavy atom. The van der Waals surface area contributed by atoms with Gasteiger partial charge in [-0.2, -0.15) is 0 Å². The summed E-state index contributed by atoms with van der Waals surface area (Å²) in [5.41, 5.74) is 2.63. The molecule has 0 saturated carbocycles. The third-order valence-corrected chi connectivity index (χ3v) is 3.79. The highest BCUT2D eigenvalue weighted by Crippen LogP contribution is 2.33. The standard InChI is InChI=1S/C16H19N3O3/c1-11-12(2)19(10-18-11)7-6-17-16(20)13-4-3-5-14-15(13)22-9-8-21-14/h3-5,10H,6-9H2,1-2H3,(H,17,20). The number of hydrogen-bond donors (Lipinski definition) is 1. The number of nitrogens with zero attached hydrogens (tertiary/aromatic N) is 2. The number of imidazole rings is 1. The molecule has 6 heteroatoms. The molecule has 1 aliphatic heterocycles. The largest absolute Gasteiger partial charge is 0.486 e. The molecule has 0 fully saturated rings. The quantitative estimate of drug-likeness (QED) is 0.933. The molecule has 1 aliphatic rings. The predicted octanol–water partition coefficient (Wildman–Crippen LogP) is 1.70. The van der Waals surface area contributed by atoms with E-state index >= 15 is 0 Å². The van der Waals surface area contributed by atoms with Crippen LogP contribution >= 0.6 is 0 Å². The van der Waals surface area contributed by atoms with E-state index in [-0.39, 0.29) is 5.91 Å². The molecule has 1 aromatic heterocycles. The molecular weight excluding hydrogens is 282 g/mol. The van der Waals surface area contributed by atoms with E-state index in [4.69, 9.17) is 9.47 Å². The number of fused-ring (bicyclic) bond motifs is 1. The summed E-state index contributed by atoms with van der Waals surface area (Å²) in [6.45, 7) is 6.17. The van der Waals surface area contributed by atoms with Crippen LogP contribution in [-0.2, 0) is 6.54 Å². The molecule has 0 bridgehead atoms. The van der Waals surface area contributed by atoms with Crippen molar-refractivity contribution in [2.45, 2.75) is 20.4 Å². The van der Waals surface area contributed by atoms with Crippen LogP contribution in [-0.4, -0.2) is 35.2 Å². The molecule has 1 N–H and O–H groups in total. The molecule has 22 heavy (non-hydrogen) atoms. The molecule has 2 aromatic rings. The summed E-state index contributed by atoms with van der Waals surface area (Å²) < 4.78 is 13.1. The smallest absolute Gasteiger partial charge is 0.255 e. The van der Waals surface area contributed by atoms with Crippen LogP contribution in [0, 0.1) is 13.8 Å². The number of hydrogen-bond acceptors (Lipinski definition) is 4. The number of ether oxygens (including phenoxy) is 2. The van der Waals surface area contributed by atoms with Gasteiger partial charge in [0.1, 0.15) is 13.2 Å². The number of amides is 1. The molecule has 0 radical (unpaired) electrons. The van der Waals surface area contributed by atoms with E-state index in [2.05, 4.69) is 10.3 Å². The van der Waals surface area contributed by atoms with Gasteiger partial charge in [0, 0.05) is 18.8 Å². The number of carbonyl (C=O) groups excluding carboxylic acids is 1. The van der Waals surface area contributed by atoms with Crippen LogP contribution in [0.1, 0.15) is 21.7 Å². The van der Waals surface area contributed by atoms with Crippen LogP contribution < -0.4 is 14.8 Å². The van der Waals surface area contributed by atoms with Gasteiger partial charge in [-0.1, -0.05) is 6.07 Å². The fraction of sp³-hybridized carbons (Fsp3) is 0.375. The van der Waals surface area contributed by atoms with Crippen molar-refractivity contribution in [2.75, 3.05) is 19.8 Å². The highest BCUT2D eigenvalue weighted by atomic mass is 16.6. The first-order valence-corrected chi connectivity index (χ1v) is 7.32. The number of para-hydroxylation sites is 1. The number of benzene rings is 1. The van der Waals surface area contributed by atoms with Crippen molar-refractivity contribution in [3.63, 3.8) is 0 Å². The van der Waals surface area contributed by atoms with Crippen molar-refractivity contribution in [2.24, 2.45) is 0 Å². The van der Waals surface area contributed by atoms with Crippen LogP contribution in [0.4, 0.5) is 0 Å². The van der Waals surface area contributed by atoms with Gasteiger partial charge < -0.3 is 19.4 Å². The van der Waals surface area contributed by atoms with Crippen LogP contribution in [0.15, 0.2) is 24.5 Å². The normalized spacial score (nSPS) is 13.0. The lowest BCUT2D eigenvalue weighted by Gasteiger charge is -2.20. The molecular formula is C16H19N3O3. The molecule has 0 spiro atoms. The zero-order valence-corrected chi connectivity index (χ0v) is 12.8. The van der Waals surface area contributed by atoms with Gasteiger partial charge in [-0.15, -0.1) is 0 Å². The minimum atomic E-state index is -0.156. The van der Waals surface area contributed by atoms with Gasteiger partial charge in [-0.25, -0.2) is 4.98 Å². The number of rotatable bonds is 4. The summed E-state index contributed by atoms with van der Waals surface area (Å²) in [5.74, 6) is 0.998. The second kappa shape index (κ2) is 6.09. The number of nitrogens with one attached hydrogen (secondary N) is 1. The lowest BCUT2D eigenvalue weighted by molar-refractivity contribution is 0.0941. The zero-order chi connectivity index (χ0) is 15.5. The molecule has 3 rings (SSSR count). The summed E-state index contributed by atoms with van der Waals surface area (Å²) in [6, 6.07) is 5.35. The van der Waals surface area contributed by atoms with Crippen LogP contribution in [0.5, 0.6) is 11.5 Å². The first-order chi connectivity index (χ1) is 10.7. The molecule has 0 aliphatic carbocycles. The van der Waals surface area contributed by atoms with Gasteiger partial charge in [0.2, 0.25) is 0 Å². The highest BCUT2D eigenvalue weighted by molar-refractivity contribution is 5.97. The minimum Gasteiger partial charge on any atom is -0.486 e. The third kappa shape index (κ3) is 2.77. The summed E-state index contributed by atoms with van der Waals surface area (Å²) in [5, 5.41) is 2.91. The van der Waals surface area contributed by atoms with E-state index in [1.54, 1.807) is 18.5 Å². The average molecular weight is 301 g/mol. The van der Waals surface area contributed by atoms with Gasteiger partial charge in [-0.05, 0) is 26.0 Å². The highest BCUT2D eigenvalue weighted by Gasteiger charge is 2.19. The molecule has 116 valence electrons. The van der Waals surface area contributed by atoms with Gasteiger partial charge >= 0.3 is 0 Å². The maximum atomic E-state index is 12.3. The summed E-state index contributed by atoms with van der Waals surface area (Å²) >= 11 is 0. The van der Waals surface area contributed by atoms with E-state index in [1.165, 1.54) is 0 Å². The Morgan fingerprint density at radius 2 is 2.14 bits per heavy atom. The summed E-state index contributed by atoms with van der Waals surface area (Å²) in [4.78, 5) is 16.6. The van der Waals surface area contributed by atoms with E-state index in [0.717, 1.165) is 11.4 Å². The number of carbonyl (C=O) groups is 1. The van der Waals surface area contributed by atoms with Crippen LogP contribution in [0.2, 0.25) is 0 Å². The Balaban J connectivity index is 1.64. The van der Waals surface area contributed by atoms with Crippen molar-refractivity contribution in [1.29, 1.82) is 0 Å². The molecule has 0 atom stereocenters. The zero-order valence-electron chi connectivity index (χ0n) is 12.8. The van der Waals surface area contributed by atoms with Gasteiger partial charge in [0.05, 0.1) is 17.6 Å². The van der Waals surface area contributed by atoms with Gasteiger partial charge in [0.15, 0.2) is 11.5 Å². The topological polar surface area (TPSA) is 65.4 Å². The Hall–Kier alpha value is -2.50. The van der Waals surface area contributed by atoms with Crippen molar-refractivity contribution < 1.29 is 14.3 Å². The average Bonchev–Trinajstić information content (AvgIpc) is 2.86. The lowest BCUT2D eigenvalue weighted by atomic mass is 10.1. The first kappa shape index (κ1) is 14.4. The Bertz CT molecular complexity index is 694. The van der Waals surface area contributed by atoms with E-state index in [1.807, 2.05) is 24.5 Å².